The van der Waals surface area contributed by atoms with Crippen LogP contribution in [-0.4, -0.2) is 33.6 Å². The molecule has 1 atom stereocenters. The zero-order valence-electron chi connectivity index (χ0n) is 17.5. The molecule has 3 aromatic rings. The van der Waals surface area contributed by atoms with Crippen molar-refractivity contribution >= 4 is 5.78 Å². The molecular formula is C24H24FN3O4. The molecule has 0 saturated heterocycles. The third-order valence-electron chi connectivity index (χ3n) is 5.43. The van der Waals surface area contributed by atoms with Crippen LogP contribution < -0.4 is 10.9 Å². The smallest absolute Gasteiger partial charge is 0.296 e. The lowest BCUT2D eigenvalue weighted by molar-refractivity contribution is 0.0897. The molecule has 2 heterocycles. The van der Waals surface area contributed by atoms with Gasteiger partial charge >= 0.3 is 0 Å². The van der Waals surface area contributed by atoms with Gasteiger partial charge in [0.15, 0.2) is 11.5 Å². The first-order valence-electron chi connectivity index (χ1n) is 10.5. The van der Waals surface area contributed by atoms with Crippen LogP contribution in [-0.2, 0) is 24.3 Å². The van der Waals surface area contributed by atoms with Gasteiger partial charge in [0.05, 0.1) is 19.3 Å². The Labute approximate surface area is 184 Å². The number of aromatic nitrogens is 2. The van der Waals surface area contributed by atoms with Gasteiger partial charge < -0.3 is 15.2 Å². The van der Waals surface area contributed by atoms with Crippen molar-refractivity contribution in [1.82, 2.24) is 14.9 Å². The second-order valence-electron chi connectivity index (χ2n) is 7.68. The van der Waals surface area contributed by atoms with E-state index >= 15 is 0 Å². The fourth-order valence-electron chi connectivity index (χ4n) is 3.71. The van der Waals surface area contributed by atoms with Gasteiger partial charge in [0.25, 0.3) is 5.56 Å². The number of carbonyl (C=O) groups excluding carboxylic acids is 1. The number of hydrogen-bond donors (Lipinski definition) is 2. The Morgan fingerprint density at radius 3 is 2.66 bits per heavy atom. The monoisotopic (exact) mass is 437 g/mol. The second-order valence-corrected chi connectivity index (χ2v) is 7.68. The lowest BCUT2D eigenvalue weighted by atomic mass is 10.1. The van der Waals surface area contributed by atoms with E-state index in [0.717, 1.165) is 11.1 Å². The van der Waals surface area contributed by atoms with Crippen LogP contribution >= 0.6 is 0 Å². The lowest BCUT2D eigenvalue weighted by Gasteiger charge is -2.27. The zero-order valence-corrected chi connectivity index (χ0v) is 17.5. The van der Waals surface area contributed by atoms with Crippen LogP contribution in [0.4, 0.5) is 4.39 Å². The molecule has 0 aliphatic carbocycles. The first-order valence-corrected chi connectivity index (χ1v) is 10.5. The van der Waals surface area contributed by atoms with Gasteiger partial charge in [0.2, 0.25) is 5.75 Å². The summed E-state index contributed by atoms with van der Waals surface area (Å²) in [4.78, 5) is 29.8. The van der Waals surface area contributed by atoms with Crippen molar-refractivity contribution in [2.24, 2.45) is 0 Å². The van der Waals surface area contributed by atoms with Gasteiger partial charge in [-0.2, -0.15) is 0 Å². The Hall–Kier alpha value is -3.36. The SMILES string of the molecule is O=C(CCc1ccc(F)cc1)c1nc2n(c(=O)c1O)CCNC2COCc1ccccc1. The Morgan fingerprint density at radius 1 is 1.16 bits per heavy atom. The maximum Gasteiger partial charge on any atom is 0.296 e. The molecule has 0 fully saturated rings. The van der Waals surface area contributed by atoms with E-state index < -0.39 is 17.1 Å². The average Bonchev–Trinajstić information content (AvgIpc) is 2.81. The first-order chi connectivity index (χ1) is 15.5. The number of aromatic hydroxyl groups is 1. The topological polar surface area (TPSA) is 93.5 Å². The molecule has 0 spiro atoms. The normalized spacial score (nSPS) is 15.3. The molecule has 32 heavy (non-hydrogen) atoms. The maximum absolute atomic E-state index is 13.1. The van der Waals surface area contributed by atoms with Gasteiger partial charge in [-0.15, -0.1) is 0 Å². The molecule has 0 saturated carbocycles. The molecule has 8 heteroatoms. The van der Waals surface area contributed by atoms with Gasteiger partial charge in [-0.05, 0) is 29.7 Å². The van der Waals surface area contributed by atoms with Crippen molar-refractivity contribution in [3.8, 4) is 5.75 Å². The second kappa shape index (κ2) is 9.84. The third-order valence-corrected chi connectivity index (χ3v) is 5.43. The van der Waals surface area contributed by atoms with Crippen molar-refractivity contribution in [3.05, 3.63) is 93.4 Å². The van der Waals surface area contributed by atoms with Crippen LogP contribution in [0.15, 0.2) is 59.4 Å². The fraction of sp³-hybridized carbons (Fsp3) is 0.292. The number of Topliss-reactive ketones (excluding diaryl/α,β-unsaturated/α-hetero) is 1. The van der Waals surface area contributed by atoms with E-state index in [0.29, 0.717) is 31.9 Å². The molecule has 0 bridgehead atoms. The highest BCUT2D eigenvalue weighted by atomic mass is 19.1. The number of carbonyl (C=O) groups is 1. The minimum atomic E-state index is -0.635. The summed E-state index contributed by atoms with van der Waals surface area (Å²) >= 11 is 0. The van der Waals surface area contributed by atoms with E-state index in [2.05, 4.69) is 10.3 Å². The predicted octanol–water partition coefficient (Wildman–Crippen LogP) is 2.76. The van der Waals surface area contributed by atoms with Gasteiger partial charge in [0.1, 0.15) is 11.6 Å². The molecule has 0 amide bonds. The molecule has 166 valence electrons. The number of benzene rings is 2. The Balaban J connectivity index is 1.50. The molecule has 2 aromatic carbocycles. The van der Waals surface area contributed by atoms with Crippen molar-refractivity contribution in [1.29, 1.82) is 0 Å². The largest absolute Gasteiger partial charge is 0.501 e. The number of nitrogens with zero attached hydrogens (tertiary/aromatic N) is 2. The fourth-order valence-corrected chi connectivity index (χ4v) is 3.71. The number of nitrogens with one attached hydrogen (secondary N) is 1. The van der Waals surface area contributed by atoms with Crippen molar-refractivity contribution in [2.45, 2.75) is 32.0 Å². The van der Waals surface area contributed by atoms with Gasteiger partial charge in [-0.1, -0.05) is 42.5 Å². The molecule has 1 aliphatic heterocycles. The van der Waals surface area contributed by atoms with Crippen LogP contribution in [0.2, 0.25) is 0 Å². The number of aryl methyl sites for hydroxylation is 1. The number of fused-ring (bicyclic) bond motifs is 1. The standard InChI is InChI=1S/C24H24FN3O4/c25-18-9-6-16(7-10-18)8-11-20(29)21-22(30)24(31)28-13-12-26-19(23(28)27-21)15-32-14-17-4-2-1-3-5-17/h1-7,9-10,19,26,30H,8,11-15H2. The van der Waals surface area contributed by atoms with E-state index in [1.54, 1.807) is 12.1 Å². The van der Waals surface area contributed by atoms with Gasteiger partial charge in [-0.3, -0.25) is 14.2 Å². The average molecular weight is 437 g/mol. The molecule has 1 aromatic heterocycles. The number of ether oxygens (including phenoxy) is 1. The first kappa shape index (κ1) is 21.9. The summed E-state index contributed by atoms with van der Waals surface area (Å²) in [6.07, 6.45) is 0.387. The highest BCUT2D eigenvalue weighted by Crippen LogP contribution is 2.20. The number of rotatable bonds is 8. The molecule has 2 N–H and O–H groups in total. The van der Waals surface area contributed by atoms with Crippen molar-refractivity contribution < 1.29 is 19.0 Å². The quantitative estimate of drug-likeness (QED) is 0.527. The van der Waals surface area contributed by atoms with Crippen LogP contribution in [0, 0.1) is 5.82 Å². The summed E-state index contributed by atoms with van der Waals surface area (Å²) in [5.41, 5.74) is 0.939. The Morgan fingerprint density at radius 2 is 1.91 bits per heavy atom. The molecule has 7 nitrogen and oxygen atoms in total. The van der Waals surface area contributed by atoms with E-state index in [1.807, 2.05) is 30.3 Å². The van der Waals surface area contributed by atoms with Crippen LogP contribution in [0.25, 0.3) is 0 Å². The maximum atomic E-state index is 13.1. The van der Waals surface area contributed by atoms with Crippen LogP contribution in [0.5, 0.6) is 5.75 Å². The lowest BCUT2D eigenvalue weighted by Crippen LogP contribution is -2.42. The van der Waals surface area contributed by atoms with Gasteiger partial charge in [-0.25, -0.2) is 9.37 Å². The Bertz CT molecular complexity index is 1150. The summed E-state index contributed by atoms with van der Waals surface area (Å²) in [6.45, 7) is 1.53. The summed E-state index contributed by atoms with van der Waals surface area (Å²) in [7, 11) is 0. The number of halogens is 1. The summed E-state index contributed by atoms with van der Waals surface area (Å²) in [5, 5.41) is 13.6. The predicted molar refractivity (Wildman–Crippen MR) is 116 cm³/mol. The third kappa shape index (κ3) is 4.92. The molecule has 0 radical (unpaired) electrons. The van der Waals surface area contributed by atoms with E-state index in [1.165, 1.54) is 16.7 Å². The summed E-state index contributed by atoms with van der Waals surface area (Å²) < 4.78 is 20.3. The highest BCUT2D eigenvalue weighted by Gasteiger charge is 2.28. The zero-order chi connectivity index (χ0) is 22.5. The molecular weight excluding hydrogens is 413 g/mol. The Kier molecular flexibility index (Phi) is 6.72. The van der Waals surface area contributed by atoms with Crippen LogP contribution in [0.1, 0.15) is 39.9 Å². The number of hydrogen-bond acceptors (Lipinski definition) is 6. The van der Waals surface area contributed by atoms with Gasteiger partial charge in [0, 0.05) is 19.5 Å². The van der Waals surface area contributed by atoms with Crippen LogP contribution in [0.3, 0.4) is 0 Å². The minimum Gasteiger partial charge on any atom is -0.501 e. The van der Waals surface area contributed by atoms with Crippen molar-refractivity contribution in [2.75, 3.05) is 13.2 Å². The summed E-state index contributed by atoms with van der Waals surface area (Å²) in [5.74, 6) is -1.06. The molecule has 1 unspecified atom stereocenters. The highest BCUT2D eigenvalue weighted by molar-refractivity contribution is 5.96. The minimum absolute atomic E-state index is 0.0394. The van der Waals surface area contributed by atoms with E-state index in [-0.39, 0.29) is 30.6 Å². The molecule has 1 aliphatic rings. The summed E-state index contributed by atoms with van der Waals surface area (Å²) in [6, 6.07) is 15.2. The van der Waals surface area contributed by atoms with Crippen molar-refractivity contribution in [3.63, 3.8) is 0 Å². The molecule has 4 rings (SSSR count). The van der Waals surface area contributed by atoms with E-state index in [9.17, 15) is 19.1 Å². The van der Waals surface area contributed by atoms with E-state index in [4.69, 9.17) is 4.74 Å². The number of ketones is 1.